The number of hydrogen-bond donors (Lipinski definition) is 2. The summed E-state index contributed by atoms with van der Waals surface area (Å²) >= 11 is 9.59. The van der Waals surface area contributed by atoms with Crippen LogP contribution in [0.3, 0.4) is 0 Å². The predicted octanol–water partition coefficient (Wildman–Crippen LogP) is 5.95. The molecule has 130 valence electrons. The average Bonchev–Trinajstić information content (AvgIpc) is 2.58. The highest BCUT2D eigenvalue weighted by atomic mass is 79.9. The summed E-state index contributed by atoms with van der Waals surface area (Å²) in [6.07, 6.45) is 1.97. The van der Waals surface area contributed by atoms with E-state index in [9.17, 15) is 4.79 Å². The molecule has 0 spiro atoms. The lowest BCUT2D eigenvalue weighted by Crippen LogP contribution is -2.33. The number of nitrogens with one attached hydrogen (secondary N) is 2. The van der Waals surface area contributed by atoms with Crippen molar-refractivity contribution in [1.29, 1.82) is 5.41 Å². The van der Waals surface area contributed by atoms with Crippen molar-refractivity contribution in [3.8, 4) is 0 Å². The Hall–Kier alpha value is -1.65. The second-order valence-corrected chi connectivity index (χ2v) is 7.91. The van der Waals surface area contributed by atoms with Gasteiger partial charge in [0.05, 0.1) is 0 Å². The number of benzene rings is 2. The van der Waals surface area contributed by atoms with Gasteiger partial charge in [0.1, 0.15) is 0 Å². The zero-order valence-corrected chi connectivity index (χ0v) is 16.3. The average molecular weight is 420 g/mol. The molecule has 25 heavy (non-hydrogen) atoms. The highest BCUT2D eigenvalue weighted by molar-refractivity contribution is 9.10. The van der Waals surface area contributed by atoms with Crippen LogP contribution >= 0.6 is 27.5 Å². The molecule has 0 heterocycles. The van der Waals surface area contributed by atoms with Gasteiger partial charge in [-0.3, -0.25) is 4.79 Å². The van der Waals surface area contributed by atoms with E-state index in [1.807, 2.05) is 49.4 Å². The van der Waals surface area contributed by atoms with Crippen molar-refractivity contribution in [2.24, 2.45) is 5.92 Å². The Morgan fingerprint density at radius 1 is 1.28 bits per heavy atom. The molecule has 2 aromatic rings. The van der Waals surface area contributed by atoms with Crippen LogP contribution in [0.25, 0.3) is 0 Å². The molecule has 1 saturated carbocycles. The molecule has 0 saturated heterocycles. The van der Waals surface area contributed by atoms with Crippen LogP contribution in [0.4, 0.5) is 5.69 Å². The van der Waals surface area contributed by atoms with Crippen molar-refractivity contribution in [3.05, 3.63) is 63.1 Å². The smallest absolute Gasteiger partial charge is 0.228 e. The maximum Gasteiger partial charge on any atom is 0.228 e. The van der Waals surface area contributed by atoms with Gasteiger partial charge in [-0.05, 0) is 61.6 Å². The van der Waals surface area contributed by atoms with Gasteiger partial charge in [-0.2, -0.15) is 0 Å². The number of carbonyl (C=O) groups is 1. The van der Waals surface area contributed by atoms with Gasteiger partial charge in [-0.25, -0.2) is 0 Å². The molecule has 0 bridgehead atoms. The monoisotopic (exact) mass is 418 g/mol. The molecule has 0 aromatic heterocycles. The summed E-state index contributed by atoms with van der Waals surface area (Å²) in [5.74, 6) is -0.156. The number of rotatable bonds is 3. The second-order valence-electron chi connectivity index (χ2n) is 6.56. The van der Waals surface area contributed by atoms with Crippen LogP contribution in [-0.4, -0.2) is 11.6 Å². The maximum absolute atomic E-state index is 13.0. The van der Waals surface area contributed by atoms with Gasteiger partial charge in [0.25, 0.3) is 0 Å². The van der Waals surface area contributed by atoms with Crippen LogP contribution in [0.1, 0.15) is 36.3 Å². The molecule has 1 amide bonds. The van der Waals surface area contributed by atoms with E-state index in [1.54, 1.807) is 0 Å². The zero-order chi connectivity index (χ0) is 18.0. The first kappa shape index (κ1) is 18.2. The van der Waals surface area contributed by atoms with Crippen molar-refractivity contribution in [1.82, 2.24) is 0 Å². The van der Waals surface area contributed by atoms with E-state index >= 15 is 0 Å². The minimum absolute atomic E-state index is 0.00703. The fourth-order valence-corrected chi connectivity index (χ4v) is 3.96. The SMILES string of the molecule is Cc1ccc(Br)cc1NC(=O)C1CCC(=N)C[C@H]1c1cccc(Cl)c1. The van der Waals surface area contributed by atoms with E-state index in [2.05, 4.69) is 21.2 Å². The first-order valence-corrected chi connectivity index (χ1v) is 9.50. The van der Waals surface area contributed by atoms with E-state index in [4.69, 9.17) is 17.0 Å². The van der Waals surface area contributed by atoms with Gasteiger partial charge in [0, 0.05) is 32.7 Å². The Labute approximate surface area is 161 Å². The van der Waals surface area contributed by atoms with Gasteiger partial charge in [0.15, 0.2) is 0 Å². The fourth-order valence-electron chi connectivity index (χ4n) is 3.40. The summed E-state index contributed by atoms with van der Waals surface area (Å²) < 4.78 is 0.935. The number of halogens is 2. The highest BCUT2D eigenvalue weighted by Gasteiger charge is 2.34. The quantitative estimate of drug-likeness (QED) is 0.634. The molecule has 0 aliphatic heterocycles. The molecule has 5 heteroatoms. The summed E-state index contributed by atoms with van der Waals surface area (Å²) in [4.78, 5) is 13.0. The molecular formula is C20H20BrClN2O. The largest absolute Gasteiger partial charge is 0.326 e. The summed E-state index contributed by atoms with van der Waals surface area (Å²) in [6, 6.07) is 13.5. The van der Waals surface area contributed by atoms with Crippen LogP contribution in [0.5, 0.6) is 0 Å². The van der Waals surface area contributed by atoms with Crippen LogP contribution in [0.15, 0.2) is 46.9 Å². The van der Waals surface area contributed by atoms with Gasteiger partial charge in [-0.15, -0.1) is 0 Å². The third kappa shape index (κ3) is 4.31. The summed E-state index contributed by atoms with van der Waals surface area (Å²) in [5, 5.41) is 11.8. The Bertz CT molecular complexity index is 821. The number of anilines is 1. The summed E-state index contributed by atoms with van der Waals surface area (Å²) in [6.45, 7) is 1.98. The van der Waals surface area contributed by atoms with Crippen LogP contribution in [0, 0.1) is 18.3 Å². The number of carbonyl (C=O) groups excluding carboxylic acids is 1. The molecule has 2 aromatic carbocycles. The summed E-state index contributed by atoms with van der Waals surface area (Å²) in [7, 11) is 0. The molecule has 0 radical (unpaired) electrons. The molecule has 2 N–H and O–H groups in total. The third-order valence-corrected chi connectivity index (χ3v) is 5.51. The first-order valence-electron chi connectivity index (χ1n) is 8.33. The van der Waals surface area contributed by atoms with Crippen LogP contribution in [0.2, 0.25) is 5.02 Å². The van der Waals surface area contributed by atoms with E-state index < -0.39 is 0 Å². The van der Waals surface area contributed by atoms with Gasteiger partial charge in [-0.1, -0.05) is 45.7 Å². The molecule has 2 atom stereocenters. The maximum atomic E-state index is 13.0. The predicted molar refractivity (Wildman–Crippen MR) is 107 cm³/mol. The normalized spacial score (nSPS) is 20.4. The van der Waals surface area contributed by atoms with Gasteiger partial charge < -0.3 is 10.7 Å². The molecule has 1 unspecified atom stereocenters. The Morgan fingerprint density at radius 2 is 2.08 bits per heavy atom. The minimum Gasteiger partial charge on any atom is -0.326 e. The number of hydrogen-bond acceptors (Lipinski definition) is 2. The zero-order valence-electron chi connectivity index (χ0n) is 14.0. The lowest BCUT2D eigenvalue weighted by molar-refractivity contribution is -0.120. The number of amides is 1. The first-order chi connectivity index (χ1) is 11.9. The molecule has 1 aliphatic carbocycles. The lowest BCUT2D eigenvalue weighted by atomic mass is 9.74. The van der Waals surface area contributed by atoms with E-state index in [0.717, 1.165) is 21.3 Å². The molecule has 3 rings (SSSR count). The topological polar surface area (TPSA) is 53.0 Å². The van der Waals surface area contributed by atoms with Crippen molar-refractivity contribution in [3.63, 3.8) is 0 Å². The van der Waals surface area contributed by atoms with E-state index in [-0.39, 0.29) is 17.7 Å². The van der Waals surface area contributed by atoms with E-state index in [0.29, 0.717) is 30.0 Å². The summed E-state index contributed by atoms with van der Waals surface area (Å²) in [5.41, 5.74) is 3.58. The minimum atomic E-state index is -0.161. The lowest BCUT2D eigenvalue weighted by Gasteiger charge is -2.31. The standard InChI is InChI=1S/C20H20BrClN2O/c1-12-5-6-14(21)10-19(12)24-20(25)17-8-7-16(23)11-18(17)13-3-2-4-15(22)9-13/h2-6,9-10,17-18,23H,7-8,11H2,1H3,(H,24,25)/t17?,18-/m0/s1. The highest BCUT2D eigenvalue weighted by Crippen LogP contribution is 2.38. The fraction of sp³-hybridized carbons (Fsp3) is 0.300. The third-order valence-electron chi connectivity index (χ3n) is 4.78. The Morgan fingerprint density at radius 3 is 2.84 bits per heavy atom. The molecule has 1 fully saturated rings. The van der Waals surface area contributed by atoms with Crippen molar-refractivity contribution >= 4 is 44.8 Å². The van der Waals surface area contributed by atoms with Gasteiger partial charge >= 0.3 is 0 Å². The van der Waals surface area contributed by atoms with Crippen LogP contribution < -0.4 is 5.32 Å². The van der Waals surface area contributed by atoms with Crippen LogP contribution in [-0.2, 0) is 4.79 Å². The van der Waals surface area contributed by atoms with Crippen molar-refractivity contribution < 1.29 is 4.79 Å². The Kier molecular flexibility index (Phi) is 5.60. The van der Waals surface area contributed by atoms with Crippen molar-refractivity contribution in [2.45, 2.75) is 32.1 Å². The number of aryl methyl sites for hydroxylation is 1. The Balaban J connectivity index is 1.86. The van der Waals surface area contributed by atoms with Crippen molar-refractivity contribution in [2.75, 3.05) is 5.32 Å². The van der Waals surface area contributed by atoms with Gasteiger partial charge in [0.2, 0.25) is 5.91 Å². The van der Waals surface area contributed by atoms with E-state index in [1.165, 1.54) is 0 Å². The second kappa shape index (κ2) is 7.71. The molecule has 1 aliphatic rings. The molecule has 3 nitrogen and oxygen atoms in total. The molecular weight excluding hydrogens is 400 g/mol.